The Labute approximate surface area is 139 Å². The van der Waals surface area contributed by atoms with Crippen molar-refractivity contribution in [2.24, 2.45) is 5.73 Å². The molecule has 1 aromatic heterocycles. The molecule has 3 N–H and O–H groups in total. The Hall–Kier alpha value is -2.39. The molecule has 0 spiro atoms. The molecule has 0 atom stereocenters. The van der Waals surface area contributed by atoms with E-state index in [9.17, 15) is 13.2 Å². The minimum Gasteiger partial charge on any atom is -0.483 e. The number of hydrogen-bond acceptors (Lipinski definition) is 5. The Balaban J connectivity index is 1.94. The summed E-state index contributed by atoms with van der Waals surface area (Å²) in [4.78, 5) is 15.1. The number of rotatable bonds is 6. The highest BCUT2D eigenvalue weighted by molar-refractivity contribution is 7.90. The minimum atomic E-state index is -3.61. The third-order valence-electron chi connectivity index (χ3n) is 3.74. The van der Waals surface area contributed by atoms with Crippen LogP contribution < -0.4 is 15.2 Å². The van der Waals surface area contributed by atoms with Crippen LogP contribution >= 0.6 is 0 Å². The van der Waals surface area contributed by atoms with Crippen LogP contribution in [0.5, 0.6) is 5.75 Å². The Kier molecular flexibility index (Phi) is 4.54. The molecule has 0 radical (unpaired) electrons. The zero-order chi connectivity index (χ0) is 17.2. The van der Waals surface area contributed by atoms with Crippen LogP contribution in [0.15, 0.2) is 30.5 Å². The van der Waals surface area contributed by atoms with Crippen LogP contribution in [0.25, 0.3) is 10.9 Å². The molecular weight excluding hydrogens is 332 g/mol. The molecule has 1 amide bonds. The zero-order valence-corrected chi connectivity index (χ0v) is 13.8. The first-order chi connectivity index (χ1) is 11.5. The third kappa shape index (κ3) is 3.41. The molecule has 24 heavy (non-hydrogen) atoms. The highest BCUT2D eigenvalue weighted by Crippen LogP contribution is 2.31. The number of fused-ring (bicyclic) bond motifs is 1. The van der Waals surface area contributed by atoms with Crippen molar-refractivity contribution in [3.05, 3.63) is 30.5 Å². The maximum atomic E-state index is 12.4. The van der Waals surface area contributed by atoms with E-state index in [2.05, 4.69) is 9.71 Å². The van der Waals surface area contributed by atoms with Gasteiger partial charge in [-0.25, -0.2) is 0 Å². The topological polar surface area (TPSA) is 115 Å². The number of hydrogen-bond donors (Lipinski definition) is 2. The fourth-order valence-corrected chi connectivity index (χ4v) is 3.95. The summed E-state index contributed by atoms with van der Waals surface area (Å²) in [7, 11) is -3.61. The predicted molar refractivity (Wildman–Crippen MR) is 89.8 cm³/mol. The van der Waals surface area contributed by atoms with Crippen molar-refractivity contribution >= 4 is 32.7 Å². The van der Waals surface area contributed by atoms with E-state index in [1.807, 2.05) is 0 Å². The SMILES string of the molecule is NC(=O)COc1ccc(NS(=O)(=O)N2CCCC2)c2ncccc12. The monoisotopic (exact) mass is 350 g/mol. The van der Waals surface area contributed by atoms with Crippen molar-refractivity contribution in [3.8, 4) is 5.75 Å². The molecule has 0 saturated carbocycles. The molecule has 2 aromatic rings. The van der Waals surface area contributed by atoms with Gasteiger partial charge in [0.1, 0.15) is 5.75 Å². The van der Waals surface area contributed by atoms with Crippen LogP contribution in [-0.4, -0.2) is 43.3 Å². The summed E-state index contributed by atoms with van der Waals surface area (Å²) in [5.74, 6) is -0.174. The maximum absolute atomic E-state index is 12.4. The number of anilines is 1. The molecule has 0 aliphatic carbocycles. The number of carbonyl (C=O) groups excluding carboxylic acids is 1. The third-order valence-corrected chi connectivity index (χ3v) is 5.27. The molecule has 2 heterocycles. The Morgan fingerprint density at radius 2 is 2.04 bits per heavy atom. The van der Waals surface area contributed by atoms with Crippen LogP contribution in [0.4, 0.5) is 5.69 Å². The molecule has 1 aliphatic heterocycles. The van der Waals surface area contributed by atoms with Crippen LogP contribution in [0, 0.1) is 0 Å². The van der Waals surface area contributed by atoms with E-state index in [0.29, 0.717) is 35.4 Å². The van der Waals surface area contributed by atoms with E-state index < -0.39 is 16.1 Å². The van der Waals surface area contributed by atoms with E-state index in [-0.39, 0.29) is 6.61 Å². The summed E-state index contributed by atoms with van der Waals surface area (Å²) in [6, 6.07) is 6.61. The summed E-state index contributed by atoms with van der Waals surface area (Å²) in [5.41, 5.74) is 5.90. The normalized spacial score (nSPS) is 15.5. The lowest BCUT2D eigenvalue weighted by Crippen LogP contribution is -2.33. The molecule has 1 aliphatic rings. The van der Waals surface area contributed by atoms with Crippen molar-refractivity contribution in [2.45, 2.75) is 12.8 Å². The van der Waals surface area contributed by atoms with E-state index in [1.54, 1.807) is 30.5 Å². The summed E-state index contributed by atoms with van der Waals surface area (Å²) < 4.78 is 34.2. The minimum absolute atomic E-state index is 0.261. The van der Waals surface area contributed by atoms with E-state index in [4.69, 9.17) is 10.5 Å². The largest absolute Gasteiger partial charge is 0.483 e. The maximum Gasteiger partial charge on any atom is 0.301 e. The van der Waals surface area contributed by atoms with Gasteiger partial charge in [-0.3, -0.25) is 14.5 Å². The second kappa shape index (κ2) is 6.62. The molecule has 8 nitrogen and oxygen atoms in total. The zero-order valence-electron chi connectivity index (χ0n) is 12.9. The second-order valence-electron chi connectivity index (χ2n) is 5.48. The summed E-state index contributed by atoms with van der Waals surface area (Å²) >= 11 is 0. The molecule has 9 heteroatoms. The number of nitrogens with zero attached hydrogens (tertiary/aromatic N) is 2. The quantitative estimate of drug-likeness (QED) is 0.801. The Morgan fingerprint density at radius 3 is 2.75 bits per heavy atom. The lowest BCUT2D eigenvalue weighted by Gasteiger charge is -2.18. The van der Waals surface area contributed by atoms with Gasteiger partial charge in [-0.05, 0) is 37.1 Å². The first-order valence-electron chi connectivity index (χ1n) is 7.54. The lowest BCUT2D eigenvalue weighted by molar-refractivity contribution is -0.119. The van der Waals surface area contributed by atoms with Gasteiger partial charge in [-0.15, -0.1) is 0 Å². The summed E-state index contributed by atoms with van der Waals surface area (Å²) in [6.07, 6.45) is 3.29. The van der Waals surface area contributed by atoms with Gasteiger partial charge in [-0.2, -0.15) is 12.7 Å². The van der Waals surface area contributed by atoms with E-state index >= 15 is 0 Å². The molecular formula is C15H18N4O4S. The van der Waals surface area contributed by atoms with Crippen molar-refractivity contribution < 1.29 is 17.9 Å². The second-order valence-corrected chi connectivity index (χ2v) is 7.15. The van der Waals surface area contributed by atoms with Gasteiger partial charge in [0.2, 0.25) is 0 Å². The first kappa shape index (κ1) is 16.5. The molecule has 128 valence electrons. The molecule has 1 aromatic carbocycles. The smallest absolute Gasteiger partial charge is 0.301 e. The molecule has 1 saturated heterocycles. The number of amides is 1. The van der Waals surface area contributed by atoms with Gasteiger partial charge in [0.15, 0.2) is 6.61 Å². The van der Waals surface area contributed by atoms with Crippen molar-refractivity contribution in [1.82, 2.24) is 9.29 Å². The number of pyridine rings is 1. The highest BCUT2D eigenvalue weighted by atomic mass is 32.2. The van der Waals surface area contributed by atoms with Gasteiger partial charge < -0.3 is 10.5 Å². The van der Waals surface area contributed by atoms with Gasteiger partial charge in [0, 0.05) is 24.7 Å². The van der Waals surface area contributed by atoms with Crippen molar-refractivity contribution in [3.63, 3.8) is 0 Å². The Bertz CT molecular complexity index is 863. The number of carbonyl (C=O) groups is 1. The predicted octanol–water partition coefficient (Wildman–Crippen LogP) is 0.851. The average molecular weight is 350 g/mol. The van der Waals surface area contributed by atoms with E-state index in [0.717, 1.165) is 12.8 Å². The Morgan fingerprint density at radius 1 is 1.29 bits per heavy atom. The fourth-order valence-electron chi connectivity index (χ4n) is 2.64. The number of nitrogens with two attached hydrogens (primary N) is 1. The standard InChI is InChI=1S/C15H18N4O4S/c16-14(20)10-23-13-6-5-12(15-11(13)4-3-7-17-15)18-24(21,22)19-8-1-2-9-19/h3-7,18H,1-2,8-10H2,(H2,16,20). The summed E-state index contributed by atoms with van der Waals surface area (Å²) in [6.45, 7) is 0.768. The summed E-state index contributed by atoms with van der Waals surface area (Å²) in [5, 5.41) is 0.598. The molecule has 0 unspecified atom stereocenters. The number of benzene rings is 1. The van der Waals surface area contributed by atoms with Crippen LogP contribution in [-0.2, 0) is 15.0 Å². The molecule has 1 fully saturated rings. The number of aromatic nitrogens is 1. The van der Waals surface area contributed by atoms with Crippen molar-refractivity contribution in [2.75, 3.05) is 24.4 Å². The first-order valence-corrected chi connectivity index (χ1v) is 8.98. The lowest BCUT2D eigenvalue weighted by atomic mass is 10.2. The van der Waals surface area contributed by atoms with Crippen LogP contribution in [0.1, 0.15) is 12.8 Å². The van der Waals surface area contributed by atoms with Crippen LogP contribution in [0.3, 0.4) is 0 Å². The average Bonchev–Trinajstić information content (AvgIpc) is 3.09. The molecule has 0 bridgehead atoms. The van der Waals surface area contributed by atoms with Crippen molar-refractivity contribution in [1.29, 1.82) is 0 Å². The number of ether oxygens (including phenoxy) is 1. The van der Waals surface area contributed by atoms with Crippen LogP contribution in [0.2, 0.25) is 0 Å². The van der Waals surface area contributed by atoms with Gasteiger partial charge in [-0.1, -0.05) is 0 Å². The molecule has 3 rings (SSSR count). The fraction of sp³-hybridized carbons (Fsp3) is 0.333. The highest BCUT2D eigenvalue weighted by Gasteiger charge is 2.26. The van der Waals surface area contributed by atoms with E-state index in [1.165, 1.54) is 4.31 Å². The number of primary amides is 1. The van der Waals surface area contributed by atoms with Gasteiger partial charge in [0.05, 0.1) is 11.2 Å². The van der Waals surface area contributed by atoms with Gasteiger partial charge >= 0.3 is 10.2 Å². The van der Waals surface area contributed by atoms with Gasteiger partial charge in [0.25, 0.3) is 5.91 Å². The number of nitrogens with one attached hydrogen (secondary N) is 1.